The predicted octanol–water partition coefficient (Wildman–Crippen LogP) is 3.22. The molecule has 0 aromatic carbocycles. The Bertz CT molecular complexity index is 348. The number of rotatable bonds is 5. The lowest BCUT2D eigenvalue weighted by Crippen LogP contribution is -2.42. The minimum absolute atomic E-state index is 0.221. The second kappa shape index (κ2) is 4.73. The van der Waals surface area contributed by atoms with Crippen molar-refractivity contribution in [3.63, 3.8) is 0 Å². The molecule has 1 aromatic rings. The highest BCUT2D eigenvalue weighted by Gasteiger charge is 2.32. The summed E-state index contributed by atoms with van der Waals surface area (Å²) in [5.74, 6) is 1.76. The van der Waals surface area contributed by atoms with Gasteiger partial charge in [0.25, 0.3) is 0 Å². The number of nitrogens with one attached hydrogen (secondary N) is 1. The second-order valence-electron chi connectivity index (χ2n) is 4.74. The molecule has 88 valence electrons. The lowest BCUT2D eigenvalue weighted by molar-refractivity contribution is 0.296. The number of nitrogens with zero attached hydrogens (tertiary/aromatic N) is 1. The third kappa shape index (κ3) is 2.46. The van der Waals surface area contributed by atoms with E-state index in [1.54, 1.807) is 0 Å². The number of hydrogen-bond donors (Lipinski definition) is 1. The van der Waals surface area contributed by atoms with Crippen molar-refractivity contribution in [2.75, 3.05) is 11.9 Å². The van der Waals surface area contributed by atoms with Gasteiger partial charge in [-0.3, -0.25) is 0 Å². The minimum Gasteiger partial charge on any atom is -0.490 e. The van der Waals surface area contributed by atoms with Crippen LogP contribution < -0.4 is 10.1 Å². The summed E-state index contributed by atoms with van der Waals surface area (Å²) in [5, 5.41) is 3.50. The van der Waals surface area contributed by atoms with Gasteiger partial charge in [0.05, 0.1) is 6.61 Å². The van der Waals surface area contributed by atoms with Gasteiger partial charge in [0.15, 0.2) is 11.6 Å². The Morgan fingerprint density at radius 3 is 2.94 bits per heavy atom. The molecule has 1 heterocycles. The van der Waals surface area contributed by atoms with E-state index in [2.05, 4.69) is 24.1 Å². The Morgan fingerprint density at radius 1 is 1.50 bits per heavy atom. The summed E-state index contributed by atoms with van der Waals surface area (Å²) in [5.41, 5.74) is 0.221. The molecule has 1 aliphatic carbocycles. The lowest BCUT2D eigenvalue weighted by Gasteiger charge is -2.39. The van der Waals surface area contributed by atoms with Crippen LogP contribution in [0.15, 0.2) is 18.3 Å². The molecule has 1 aliphatic rings. The van der Waals surface area contributed by atoms with Gasteiger partial charge in [-0.2, -0.15) is 0 Å². The van der Waals surface area contributed by atoms with Crippen molar-refractivity contribution >= 4 is 5.82 Å². The number of ether oxygens (including phenoxy) is 1. The van der Waals surface area contributed by atoms with Gasteiger partial charge < -0.3 is 10.1 Å². The highest BCUT2D eigenvalue weighted by molar-refractivity contribution is 5.51. The molecule has 0 radical (unpaired) electrons. The van der Waals surface area contributed by atoms with E-state index in [-0.39, 0.29) is 5.54 Å². The van der Waals surface area contributed by atoms with Crippen molar-refractivity contribution in [1.82, 2.24) is 4.98 Å². The molecular formula is C13H20N2O. The van der Waals surface area contributed by atoms with E-state index in [0.717, 1.165) is 24.6 Å². The first kappa shape index (κ1) is 11.2. The SMILES string of the molecule is CCCOc1cccnc1NC1(C)CCC1. The minimum atomic E-state index is 0.221. The molecule has 3 nitrogen and oxygen atoms in total. The fourth-order valence-electron chi connectivity index (χ4n) is 1.93. The van der Waals surface area contributed by atoms with Crippen molar-refractivity contribution in [3.05, 3.63) is 18.3 Å². The van der Waals surface area contributed by atoms with Crippen LogP contribution in [0.3, 0.4) is 0 Å². The van der Waals surface area contributed by atoms with E-state index in [1.807, 2.05) is 18.3 Å². The highest BCUT2D eigenvalue weighted by atomic mass is 16.5. The summed E-state index contributed by atoms with van der Waals surface area (Å²) < 4.78 is 5.68. The van der Waals surface area contributed by atoms with E-state index in [9.17, 15) is 0 Å². The van der Waals surface area contributed by atoms with E-state index in [4.69, 9.17) is 4.74 Å². The number of aromatic nitrogens is 1. The molecule has 0 amide bonds. The van der Waals surface area contributed by atoms with Crippen molar-refractivity contribution in [3.8, 4) is 5.75 Å². The Balaban J connectivity index is 2.06. The van der Waals surface area contributed by atoms with Crippen LogP contribution in [-0.4, -0.2) is 17.1 Å². The average molecular weight is 220 g/mol. The lowest BCUT2D eigenvalue weighted by atomic mass is 9.78. The molecule has 1 N–H and O–H groups in total. The summed E-state index contributed by atoms with van der Waals surface area (Å²) in [7, 11) is 0. The van der Waals surface area contributed by atoms with Gasteiger partial charge in [0.1, 0.15) is 0 Å². The van der Waals surface area contributed by atoms with Crippen LogP contribution in [0.2, 0.25) is 0 Å². The fourth-order valence-corrected chi connectivity index (χ4v) is 1.93. The molecule has 0 spiro atoms. The summed E-state index contributed by atoms with van der Waals surface area (Å²) in [6.07, 6.45) is 6.57. The van der Waals surface area contributed by atoms with Gasteiger partial charge in [0, 0.05) is 11.7 Å². The van der Waals surface area contributed by atoms with Crippen molar-refractivity contribution < 1.29 is 4.74 Å². The normalized spacial score (nSPS) is 17.6. The molecule has 16 heavy (non-hydrogen) atoms. The third-order valence-electron chi connectivity index (χ3n) is 3.11. The molecule has 3 heteroatoms. The maximum absolute atomic E-state index is 5.68. The first-order chi connectivity index (χ1) is 7.73. The maximum atomic E-state index is 5.68. The first-order valence-electron chi connectivity index (χ1n) is 6.09. The Morgan fingerprint density at radius 2 is 2.31 bits per heavy atom. The molecule has 1 saturated carbocycles. The van der Waals surface area contributed by atoms with Crippen molar-refractivity contribution in [1.29, 1.82) is 0 Å². The van der Waals surface area contributed by atoms with Gasteiger partial charge in [-0.1, -0.05) is 6.92 Å². The summed E-state index contributed by atoms with van der Waals surface area (Å²) in [6.45, 7) is 5.10. The van der Waals surface area contributed by atoms with Gasteiger partial charge in [0.2, 0.25) is 0 Å². The number of anilines is 1. The molecule has 0 unspecified atom stereocenters. The smallest absolute Gasteiger partial charge is 0.169 e. The maximum Gasteiger partial charge on any atom is 0.169 e. The molecular weight excluding hydrogens is 200 g/mol. The van der Waals surface area contributed by atoms with Crippen LogP contribution in [-0.2, 0) is 0 Å². The number of hydrogen-bond acceptors (Lipinski definition) is 3. The molecule has 2 rings (SSSR count). The van der Waals surface area contributed by atoms with Crippen LogP contribution in [0.5, 0.6) is 5.75 Å². The third-order valence-corrected chi connectivity index (χ3v) is 3.11. The van der Waals surface area contributed by atoms with Gasteiger partial charge in [-0.15, -0.1) is 0 Å². The standard InChI is InChI=1S/C13H20N2O/c1-3-10-16-11-6-4-9-14-12(11)15-13(2)7-5-8-13/h4,6,9H,3,5,7-8,10H2,1-2H3,(H,14,15). The highest BCUT2D eigenvalue weighted by Crippen LogP contribution is 2.36. The zero-order chi connectivity index (χ0) is 11.4. The predicted molar refractivity (Wildman–Crippen MR) is 65.9 cm³/mol. The average Bonchev–Trinajstić information content (AvgIpc) is 2.26. The van der Waals surface area contributed by atoms with Crippen molar-refractivity contribution in [2.24, 2.45) is 0 Å². The summed E-state index contributed by atoms with van der Waals surface area (Å²) in [6, 6.07) is 3.90. The van der Waals surface area contributed by atoms with Crippen LogP contribution in [0.25, 0.3) is 0 Å². The zero-order valence-corrected chi connectivity index (χ0v) is 10.1. The molecule has 0 aliphatic heterocycles. The molecule has 1 fully saturated rings. The molecule has 0 atom stereocenters. The van der Waals surface area contributed by atoms with E-state index in [0.29, 0.717) is 0 Å². The second-order valence-corrected chi connectivity index (χ2v) is 4.74. The molecule has 1 aromatic heterocycles. The summed E-state index contributed by atoms with van der Waals surface area (Å²) in [4.78, 5) is 4.36. The summed E-state index contributed by atoms with van der Waals surface area (Å²) >= 11 is 0. The topological polar surface area (TPSA) is 34.1 Å². The Hall–Kier alpha value is -1.25. The molecule has 0 bridgehead atoms. The Kier molecular flexibility index (Phi) is 3.32. The largest absolute Gasteiger partial charge is 0.490 e. The first-order valence-corrected chi connectivity index (χ1v) is 6.09. The number of pyridine rings is 1. The van der Waals surface area contributed by atoms with Crippen LogP contribution in [0, 0.1) is 0 Å². The van der Waals surface area contributed by atoms with E-state index < -0.39 is 0 Å². The zero-order valence-electron chi connectivity index (χ0n) is 10.1. The fraction of sp³-hybridized carbons (Fsp3) is 0.615. The van der Waals surface area contributed by atoms with Crippen LogP contribution in [0.4, 0.5) is 5.82 Å². The monoisotopic (exact) mass is 220 g/mol. The Labute approximate surface area is 97.2 Å². The van der Waals surface area contributed by atoms with Crippen LogP contribution >= 0.6 is 0 Å². The molecule has 0 saturated heterocycles. The quantitative estimate of drug-likeness (QED) is 0.827. The van der Waals surface area contributed by atoms with Crippen LogP contribution in [0.1, 0.15) is 39.5 Å². The van der Waals surface area contributed by atoms with Crippen molar-refractivity contribution in [2.45, 2.75) is 45.1 Å². The van der Waals surface area contributed by atoms with E-state index in [1.165, 1.54) is 19.3 Å². The van der Waals surface area contributed by atoms with E-state index >= 15 is 0 Å². The van der Waals surface area contributed by atoms with Gasteiger partial charge in [-0.25, -0.2) is 4.98 Å². The van der Waals surface area contributed by atoms with Gasteiger partial charge in [-0.05, 0) is 44.7 Å². The van der Waals surface area contributed by atoms with Gasteiger partial charge >= 0.3 is 0 Å².